The monoisotopic (exact) mass is 238 g/mol. The minimum atomic E-state index is -0.579. The minimum Gasteiger partial charge on any atom is -0.467 e. The van der Waals surface area contributed by atoms with Crippen molar-refractivity contribution in [1.29, 1.82) is 0 Å². The zero-order chi connectivity index (χ0) is 12.3. The number of hydrogen-bond acceptors (Lipinski definition) is 7. The molecular formula is C10H14N4O3. The lowest BCUT2D eigenvalue weighted by Gasteiger charge is -2.32. The van der Waals surface area contributed by atoms with Crippen LogP contribution >= 0.6 is 0 Å². The molecule has 92 valence electrons. The Morgan fingerprint density at radius 1 is 1.65 bits per heavy atom. The molecule has 0 amide bonds. The van der Waals surface area contributed by atoms with Gasteiger partial charge in [0, 0.05) is 12.6 Å². The summed E-state index contributed by atoms with van der Waals surface area (Å²) in [4.78, 5) is 21.2. The SMILES string of the molecule is COC(=O)C1CN(c2cc(N)ncn2)CCO1. The van der Waals surface area contributed by atoms with E-state index in [1.165, 1.54) is 13.4 Å². The van der Waals surface area contributed by atoms with E-state index in [2.05, 4.69) is 14.7 Å². The van der Waals surface area contributed by atoms with E-state index in [0.29, 0.717) is 31.3 Å². The summed E-state index contributed by atoms with van der Waals surface area (Å²) >= 11 is 0. The van der Waals surface area contributed by atoms with Gasteiger partial charge in [-0.2, -0.15) is 0 Å². The van der Waals surface area contributed by atoms with E-state index in [9.17, 15) is 4.79 Å². The predicted molar refractivity (Wildman–Crippen MR) is 60.4 cm³/mol. The van der Waals surface area contributed by atoms with Crippen molar-refractivity contribution in [1.82, 2.24) is 9.97 Å². The molecule has 2 N–H and O–H groups in total. The number of morpholine rings is 1. The average Bonchev–Trinajstić information content (AvgIpc) is 2.38. The molecule has 1 fully saturated rings. The van der Waals surface area contributed by atoms with Gasteiger partial charge in [-0.1, -0.05) is 0 Å². The van der Waals surface area contributed by atoms with Crippen LogP contribution in [0.2, 0.25) is 0 Å². The Hall–Kier alpha value is -1.89. The lowest BCUT2D eigenvalue weighted by molar-refractivity contribution is -0.154. The number of anilines is 2. The van der Waals surface area contributed by atoms with E-state index in [1.54, 1.807) is 6.07 Å². The highest BCUT2D eigenvalue weighted by molar-refractivity contribution is 5.75. The topological polar surface area (TPSA) is 90.6 Å². The molecule has 7 nitrogen and oxygen atoms in total. The number of aromatic nitrogens is 2. The van der Waals surface area contributed by atoms with Gasteiger partial charge in [0.05, 0.1) is 20.3 Å². The first-order valence-electron chi connectivity index (χ1n) is 5.22. The molecule has 0 aliphatic carbocycles. The molecule has 17 heavy (non-hydrogen) atoms. The number of carbonyl (C=O) groups is 1. The minimum absolute atomic E-state index is 0.378. The Kier molecular flexibility index (Phi) is 3.38. The lowest BCUT2D eigenvalue weighted by atomic mass is 10.2. The first-order chi connectivity index (χ1) is 8.20. The Morgan fingerprint density at radius 2 is 2.47 bits per heavy atom. The van der Waals surface area contributed by atoms with Crippen molar-refractivity contribution in [3.05, 3.63) is 12.4 Å². The third-order valence-corrected chi connectivity index (χ3v) is 2.53. The second-order valence-electron chi connectivity index (χ2n) is 3.63. The van der Waals surface area contributed by atoms with Gasteiger partial charge in [0.1, 0.15) is 18.0 Å². The van der Waals surface area contributed by atoms with Gasteiger partial charge in [0.15, 0.2) is 6.10 Å². The van der Waals surface area contributed by atoms with Crippen LogP contribution in [0.5, 0.6) is 0 Å². The molecule has 0 saturated carbocycles. The van der Waals surface area contributed by atoms with Gasteiger partial charge in [-0.3, -0.25) is 0 Å². The summed E-state index contributed by atoms with van der Waals surface area (Å²) < 4.78 is 9.97. The molecule has 0 radical (unpaired) electrons. The number of nitrogens with zero attached hydrogens (tertiary/aromatic N) is 3. The molecule has 2 rings (SSSR count). The van der Waals surface area contributed by atoms with Gasteiger partial charge >= 0.3 is 5.97 Å². The smallest absolute Gasteiger partial charge is 0.336 e. The van der Waals surface area contributed by atoms with E-state index in [-0.39, 0.29) is 5.97 Å². The fourth-order valence-electron chi connectivity index (χ4n) is 1.67. The Balaban J connectivity index is 2.09. The fraction of sp³-hybridized carbons (Fsp3) is 0.500. The van der Waals surface area contributed by atoms with Crippen LogP contribution in [0, 0.1) is 0 Å². The van der Waals surface area contributed by atoms with E-state index in [1.807, 2.05) is 4.90 Å². The van der Waals surface area contributed by atoms with E-state index in [4.69, 9.17) is 10.5 Å². The molecule has 1 aromatic heterocycles. The van der Waals surface area contributed by atoms with Crippen molar-refractivity contribution < 1.29 is 14.3 Å². The summed E-state index contributed by atoms with van der Waals surface area (Å²) in [6.07, 6.45) is 0.817. The normalized spacial score (nSPS) is 20.1. The maximum absolute atomic E-state index is 11.4. The molecule has 1 aliphatic heterocycles. The highest BCUT2D eigenvalue weighted by atomic mass is 16.6. The number of carbonyl (C=O) groups excluding carboxylic acids is 1. The van der Waals surface area contributed by atoms with Gasteiger partial charge in [0.2, 0.25) is 0 Å². The molecule has 7 heteroatoms. The number of ether oxygens (including phenoxy) is 2. The maximum atomic E-state index is 11.4. The van der Waals surface area contributed by atoms with Crippen molar-refractivity contribution in [3.8, 4) is 0 Å². The second-order valence-corrected chi connectivity index (χ2v) is 3.63. The van der Waals surface area contributed by atoms with E-state index in [0.717, 1.165) is 0 Å². The van der Waals surface area contributed by atoms with Crippen molar-refractivity contribution in [3.63, 3.8) is 0 Å². The van der Waals surface area contributed by atoms with Crippen LogP contribution in [-0.2, 0) is 14.3 Å². The standard InChI is InChI=1S/C10H14N4O3/c1-16-10(15)7-5-14(2-3-17-7)9-4-8(11)12-6-13-9/h4,6-7H,2-3,5H2,1H3,(H2,11,12,13). The zero-order valence-corrected chi connectivity index (χ0v) is 9.50. The van der Waals surface area contributed by atoms with Crippen LogP contribution < -0.4 is 10.6 Å². The van der Waals surface area contributed by atoms with Crippen LogP contribution in [0.4, 0.5) is 11.6 Å². The second kappa shape index (κ2) is 4.96. The average molecular weight is 238 g/mol. The number of esters is 1. The zero-order valence-electron chi connectivity index (χ0n) is 9.50. The van der Waals surface area contributed by atoms with Crippen molar-refractivity contribution in [2.24, 2.45) is 0 Å². The third-order valence-electron chi connectivity index (χ3n) is 2.53. The fourth-order valence-corrected chi connectivity index (χ4v) is 1.67. The molecule has 0 bridgehead atoms. The van der Waals surface area contributed by atoms with Gasteiger partial charge in [-0.05, 0) is 0 Å². The van der Waals surface area contributed by atoms with E-state index < -0.39 is 6.10 Å². The first kappa shape index (κ1) is 11.6. The quantitative estimate of drug-likeness (QED) is 0.690. The number of rotatable bonds is 2. The molecule has 0 aromatic carbocycles. The summed E-state index contributed by atoms with van der Waals surface area (Å²) in [5.74, 6) is 0.711. The van der Waals surface area contributed by atoms with Gasteiger partial charge in [-0.25, -0.2) is 14.8 Å². The molecular weight excluding hydrogens is 224 g/mol. The summed E-state index contributed by atoms with van der Waals surface area (Å²) in [5.41, 5.74) is 5.59. The van der Waals surface area contributed by atoms with Crippen LogP contribution in [-0.4, -0.2) is 48.8 Å². The largest absolute Gasteiger partial charge is 0.467 e. The molecule has 1 unspecified atom stereocenters. The lowest BCUT2D eigenvalue weighted by Crippen LogP contribution is -2.46. The van der Waals surface area contributed by atoms with Gasteiger partial charge in [0.25, 0.3) is 0 Å². The molecule has 1 aromatic rings. The summed E-state index contributed by atoms with van der Waals surface area (Å²) in [6, 6.07) is 1.67. The van der Waals surface area contributed by atoms with E-state index >= 15 is 0 Å². The number of nitrogen functional groups attached to an aromatic ring is 1. The summed E-state index contributed by atoms with van der Waals surface area (Å²) in [7, 11) is 1.34. The van der Waals surface area contributed by atoms with Crippen LogP contribution in [0.25, 0.3) is 0 Å². The number of methoxy groups -OCH3 is 1. The molecule has 1 saturated heterocycles. The third kappa shape index (κ3) is 2.62. The van der Waals surface area contributed by atoms with Gasteiger partial charge in [-0.15, -0.1) is 0 Å². The summed E-state index contributed by atoms with van der Waals surface area (Å²) in [6.45, 7) is 1.51. The van der Waals surface area contributed by atoms with Crippen LogP contribution in [0.3, 0.4) is 0 Å². The van der Waals surface area contributed by atoms with Crippen molar-refractivity contribution in [2.45, 2.75) is 6.10 Å². The molecule has 1 atom stereocenters. The first-order valence-corrected chi connectivity index (χ1v) is 5.22. The molecule has 2 heterocycles. The number of hydrogen-bond donors (Lipinski definition) is 1. The van der Waals surface area contributed by atoms with Crippen LogP contribution in [0.15, 0.2) is 12.4 Å². The highest BCUT2D eigenvalue weighted by Gasteiger charge is 2.28. The predicted octanol–water partition coefficient (Wildman–Crippen LogP) is -0.563. The Morgan fingerprint density at radius 3 is 3.18 bits per heavy atom. The van der Waals surface area contributed by atoms with Crippen LogP contribution in [0.1, 0.15) is 0 Å². The van der Waals surface area contributed by atoms with Crippen molar-refractivity contribution in [2.75, 3.05) is 37.4 Å². The Bertz CT molecular complexity index is 412. The van der Waals surface area contributed by atoms with Gasteiger partial charge < -0.3 is 20.1 Å². The maximum Gasteiger partial charge on any atom is 0.336 e. The van der Waals surface area contributed by atoms with Crippen molar-refractivity contribution >= 4 is 17.6 Å². The number of nitrogens with two attached hydrogens (primary N) is 1. The Labute approximate surface area is 98.5 Å². The molecule has 0 spiro atoms. The highest BCUT2D eigenvalue weighted by Crippen LogP contribution is 2.16. The molecule has 1 aliphatic rings. The summed E-state index contributed by atoms with van der Waals surface area (Å²) in [5, 5.41) is 0.